The highest BCUT2D eigenvalue weighted by Crippen LogP contribution is 2.47. The molecule has 1 fully saturated rings. The highest BCUT2D eigenvalue weighted by molar-refractivity contribution is 6.00. The van der Waals surface area contributed by atoms with Crippen LogP contribution in [0.25, 0.3) is 11.3 Å². The topological polar surface area (TPSA) is 85.2 Å². The lowest BCUT2D eigenvalue weighted by atomic mass is 9.95. The predicted octanol–water partition coefficient (Wildman–Crippen LogP) is 2.91. The molecular weight excluding hydrogens is 344 g/mol. The van der Waals surface area contributed by atoms with Gasteiger partial charge in [0, 0.05) is 44.4 Å². The lowest BCUT2D eigenvalue weighted by molar-refractivity contribution is -0.117. The number of anilines is 2. The van der Waals surface area contributed by atoms with E-state index in [9.17, 15) is 4.79 Å². The molecule has 0 bridgehead atoms. The summed E-state index contributed by atoms with van der Waals surface area (Å²) in [5, 5.41) is 12.1. The molecule has 4 rings (SSSR count). The van der Waals surface area contributed by atoms with E-state index >= 15 is 0 Å². The third-order valence-corrected chi connectivity index (χ3v) is 4.93. The average molecular weight is 372 g/mol. The molecule has 2 aromatic heterocycles. The molecular formula is C19H28N6O2. The number of ether oxygens (including phenoxy) is 1. The van der Waals surface area contributed by atoms with E-state index in [2.05, 4.69) is 32.3 Å². The first kappa shape index (κ1) is 19.3. The summed E-state index contributed by atoms with van der Waals surface area (Å²) in [5.74, 6) is 0.743. The van der Waals surface area contributed by atoms with Crippen LogP contribution in [0, 0.1) is 5.92 Å². The van der Waals surface area contributed by atoms with Crippen molar-refractivity contribution in [3.05, 3.63) is 17.5 Å². The molecule has 27 heavy (non-hydrogen) atoms. The molecule has 1 N–H and O–H groups in total. The maximum Gasteiger partial charge on any atom is 0.228 e. The first-order valence-corrected chi connectivity index (χ1v) is 9.47. The molecule has 146 valence electrons. The molecule has 1 amide bonds. The normalized spacial score (nSPS) is 17.6. The van der Waals surface area contributed by atoms with Crippen LogP contribution < -0.4 is 10.2 Å². The Labute approximate surface area is 159 Å². The number of nitrogens with one attached hydrogen (secondary N) is 1. The Balaban J connectivity index is 0.00000102. The van der Waals surface area contributed by atoms with E-state index in [1.165, 1.54) is 0 Å². The Morgan fingerprint density at radius 1 is 1.30 bits per heavy atom. The second-order valence-electron chi connectivity index (χ2n) is 6.76. The van der Waals surface area contributed by atoms with Crippen LogP contribution in [0.2, 0.25) is 0 Å². The molecule has 8 nitrogen and oxygen atoms in total. The van der Waals surface area contributed by atoms with Gasteiger partial charge < -0.3 is 15.0 Å². The van der Waals surface area contributed by atoms with Crippen molar-refractivity contribution in [3.8, 4) is 11.3 Å². The molecule has 1 saturated carbocycles. The molecule has 2 aliphatic rings. The van der Waals surface area contributed by atoms with Gasteiger partial charge in [-0.05, 0) is 19.8 Å². The predicted molar refractivity (Wildman–Crippen MR) is 104 cm³/mol. The Bertz CT molecular complexity index is 843. The molecule has 0 saturated heterocycles. The van der Waals surface area contributed by atoms with E-state index in [1.54, 1.807) is 18.1 Å². The minimum absolute atomic E-state index is 0.0346. The van der Waals surface area contributed by atoms with E-state index in [4.69, 9.17) is 4.74 Å². The molecule has 3 heterocycles. The van der Waals surface area contributed by atoms with Gasteiger partial charge >= 0.3 is 0 Å². The average Bonchev–Trinajstić information content (AvgIpc) is 3.44. The van der Waals surface area contributed by atoms with Crippen molar-refractivity contribution in [1.82, 2.24) is 20.0 Å². The SMILES string of the molecule is CC.COCc1cnc(NC(=O)C2CC2)c2c1-c1nn(C)nc1C(C)N2C. The van der Waals surface area contributed by atoms with Gasteiger partial charge in [-0.1, -0.05) is 13.8 Å². The first-order valence-electron chi connectivity index (χ1n) is 9.47. The summed E-state index contributed by atoms with van der Waals surface area (Å²) >= 11 is 0. The van der Waals surface area contributed by atoms with Crippen LogP contribution in [0.1, 0.15) is 50.9 Å². The van der Waals surface area contributed by atoms with Gasteiger partial charge in [-0.2, -0.15) is 15.0 Å². The summed E-state index contributed by atoms with van der Waals surface area (Å²) in [7, 11) is 5.46. The number of carbonyl (C=O) groups is 1. The quantitative estimate of drug-likeness (QED) is 0.888. The Hall–Kier alpha value is -2.48. The minimum Gasteiger partial charge on any atom is -0.380 e. The second kappa shape index (κ2) is 7.64. The number of nitrogens with zero attached hydrogens (tertiary/aromatic N) is 5. The van der Waals surface area contributed by atoms with Gasteiger partial charge in [0.2, 0.25) is 5.91 Å². The van der Waals surface area contributed by atoms with Crippen molar-refractivity contribution in [2.45, 2.75) is 46.3 Å². The minimum atomic E-state index is 0.0346. The molecule has 1 aliphatic heterocycles. The van der Waals surface area contributed by atoms with E-state index < -0.39 is 0 Å². The second-order valence-corrected chi connectivity index (χ2v) is 6.76. The van der Waals surface area contributed by atoms with Crippen molar-refractivity contribution in [3.63, 3.8) is 0 Å². The highest BCUT2D eigenvalue weighted by atomic mass is 16.5. The van der Waals surface area contributed by atoms with Gasteiger partial charge in [-0.25, -0.2) is 4.98 Å². The van der Waals surface area contributed by atoms with Crippen molar-refractivity contribution < 1.29 is 9.53 Å². The number of fused-ring (bicyclic) bond motifs is 3. The lowest BCUT2D eigenvalue weighted by Gasteiger charge is -2.34. The molecule has 8 heteroatoms. The summed E-state index contributed by atoms with van der Waals surface area (Å²) in [6, 6.07) is 0.0346. The highest BCUT2D eigenvalue weighted by Gasteiger charge is 2.36. The van der Waals surface area contributed by atoms with Gasteiger partial charge in [0.25, 0.3) is 0 Å². The Morgan fingerprint density at radius 2 is 2.00 bits per heavy atom. The standard InChI is InChI=1S/C17H22N6O2.C2H6/c1-9-13-14(21-23(3)20-13)12-11(8-25-4)7-18-16(15(12)22(9)2)19-17(24)10-5-6-10;1-2/h7,9-10H,5-6,8H2,1-4H3,(H,18,19,24);1-2H3. The van der Waals surface area contributed by atoms with Crippen molar-refractivity contribution in [1.29, 1.82) is 0 Å². The van der Waals surface area contributed by atoms with Crippen LogP contribution in [-0.2, 0) is 23.2 Å². The zero-order chi connectivity index (χ0) is 19.7. The molecule has 1 aliphatic carbocycles. The first-order chi connectivity index (χ1) is 13.0. The van der Waals surface area contributed by atoms with Gasteiger partial charge in [0.1, 0.15) is 11.4 Å². The van der Waals surface area contributed by atoms with Crippen molar-refractivity contribution >= 4 is 17.4 Å². The molecule has 0 radical (unpaired) electrons. The Morgan fingerprint density at radius 3 is 2.63 bits per heavy atom. The number of rotatable bonds is 4. The van der Waals surface area contributed by atoms with E-state index in [1.807, 2.05) is 27.9 Å². The Kier molecular flexibility index (Phi) is 5.46. The van der Waals surface area contributed by atoms with Crippen LogP contribution in [0.4, 0.5) is 11.5 Å². The maximum absolute atomic E-state index is 12.3. The lowest BCUT2D eigenvalue weighted by Crippen LogP contribution is -2.29. The van der Waals surface area contributed by atoms with Crippen LogP contribution in [0.3, 0.4) is 0 Å². The summed E-state index contributed by atoms with van der Waals surface area (Å²) in [6.07, 6.45) is 3.67. The van der Waals surface area contributed by atoms with Gasteiger partial charge in [-0.3, -0.25) is 4.79 Å². The number of aromatic nitrogens is 4. The number of pyridine rings is 1. The van der Waals surface area contributed by atoms with Gasteiger partial charge in [0.05, 0.1) is 18.3 Å². The van der Waals surface area contributed by atoms with Gasteiger partial charge in [0.15, 0.2) is 5.82 Å². The third kappa shape index (κ3) is 3.41. The van der Waals surface area contributed by atoms with Crippen molar-refractivity contribution in [2.75, 3.05) is 24.4 Å². The number of aryl methyl sites for hydroxylation is 1. The summed E-state index contributed by atoms with van der Waals surface area (Å²) in [5.41, 5.74) is 4.50. The van der Waals surface area contributed by atoms with E-state index in [0.717, 1.165) is 41.0 Å². The van der Waals surface area contributed by atoms with Crippen LogP contribution in [0.15, 0.2) is 6.20 Å². The molecule has 0 aromatic carbocycles. The smallest absolute Gasteiger partial charge is 0.228 e. The monoisotopic (exact) mass is 372 g/mol. The maximum atomic E-state index is 12.3. The number of carbonyl (C=O) groups excluding carboxylic acids is 1. The molecule has 2 aromatic rings. The van der Waals surface area contributed by atoms with Gasteiger partial charge in [-0.15, -0.1) is 0 Å². The van der Waals surface area contributed by atoms with Crippen LogP contribution >= 0.6 is 0 Å². The van der Waals surface area contributed by atoms with Crippen LogP contribution in [0.5, 0.6) is 0 Å². The number of hydrogen-bond acceptors (Lipinski definition) is 6. The van der Waals surface area contributed by atoms with E-state index in [0.29, 0.717) is 12.4 Å². The van der Waals surface area contributed by atoms with Crippen LogP contribution in [-0.4, -0.2) is 40.0 Å². The van der Waals surface area contributed by atoms with Crippen molar-refractivity contribution in [2.24, 2.45) is 13.0 Å². The fourth-order valence-electron chi connectivity index (χ4n) is 3.33. The summed E-state index contributed by atoms with van der Waals surface area (Å²) in [6.45, 7) is 6.50. The third-order valence-electron chi connectivity index (χ3n) is 4.93. The fraction of sp³-hybridized carbons (Fsp3) is 0.579. The summed E-state index contributed by atoms with van der Waals surface area (Å²) in [4.78, 5) is 20.5. The zero-order valence-electron chi connectivity index (χ0n) is 16.9. The molecule has 0 spiro atoms. The zero-order valence-corrected chi connectivity index (χ0v) is 16.9. The molecule has 1 atom stereocenters. The van der Waals surface area contributed by atoms with E-state index in [-0.39, 0.29) is 17.9 Å². The summed E-state index contributed by atoms with van der Waals surface area (Å²) < 4.78 is 5.35. The molecule has 1 unspecified atom stereocenters. The number of methoxy groups -OCH3 is 1. The largest absolute Gasteiger partial charge is 0.380 e. The number of amides is 1. The number of hydrogen-bond donors (Lipinski definition) is 1. The fourth-order valence-corrected chi connectivity index (χ4v) is 3.33.